The second kappa shape index (κ2) is 7.43. The second-order valence-corrected chi connectivity index (χ2v) is 5.40. The molecule has 0 radical (unpaired) electrons. The van der Waals surface area contributed by atoms with Crippen LogP contribution in [0.25, 0.3) is 0 Å². The molecule has 0 aliphatic heterocycles. The van der Waals surface area contributed by atoms with Crippen LogP contribution < -0.4 is 10.1 Å². The Hall–Kier alpha value is -1.36. The van der Waals surface area contributed by atoms with Crippen LogP contribution >= 0.6 is 15.9 Å². The molecule has 3 nitrogen and oxygen atoms in total. The number of rotatable bonds is 6. The molecule has 106 valence electrons. The Balaban J connectivity index is 2.14. The maximum absolute atomic E-state index is 9.63. The van der Waals surface area contributed by atoms with Crippen LogP contribution in [0.3, 0.4) is 0 Å². The topological polar surface area (TPSA) is 41.5 Å². The van der Waals surface area contributed by atoms with Crippen molar-refractivity contribution in [3.05, 3.63) is 64.1 Å². The van der Waals surface area contributed by atoms with Crippen LogP contribution in [-0.2, 0) is 6.54 Å². The van der Waals surface area contributed by atoms with E-state index in [0.717, 1.165) is 15.8 Å². The van der Waals surface area contributed by atoms with Crippen LogP contribution in [0.5, 0.6) is 5.75 Å². The van der Waals surface area contributed by atoms with Gasteiger partial charge in [-0.05, 0) is 23.8 Å². The molecule has 0 saturated heterocycles. The van der Waals surface area contributed by atoms with Crippen LogP contribution in [0.15, 0.2) is 53.0 Å². The van der Waals surface area contributed by atoms with E-state index in [1.54, 1.807) is 7.11 Å². The van der Waals surface area contributed by atoms with E-state index >= 15 is 0 Å². The van der Waals surface area contributed by atoms with E-state index in [1.165, 1.54) is 5.56 Å². The number of aliphatic hydroxyl groups is 1. The third kappa shape index (κ3) is 3.82. The monoisotopic (exact) mass is 335 g/mol. The Bertz CT molecular complexity index is 545. The van der Waals surface area contributed by atoms with E-state index in [2.05, 4.69) is 33.4 Å². The summed E-state index contributed by atoms with van der Waals surface area (Å²) in [6, 6.07) is 15.7. The number of ether oxygens (including phenoxy) is 1. The standard InChI is InChI=1S/C16H18BrNO2/c1-20-16-8-7-13(17)9-14(16)15(11-19)18-10-12-5-3-2-4-6-12/h2-9,15,18-19H,10-11H2,1H3. The first-order chi connectivity index (χ1) is 9.74. The second-order valence-electron chi connectivity index (χ2n) is 4.49. The summed E-state index contributed by atoms with van der Waals surface area (Å²) in [5.74, 6) is 0.771. The van der Waals surface area contributed by atoms with Crippen molar-refractivity contribution in [3.63, 3.8) is 0 Å². The molecule has 0 aliphatic rings. The molecule has 20 heavy (non-hydrogen) atoms. The van der Waals surface area contributed by atoms with Crippen molar-refractivity contribution in [2.24, 2.45) is 0 Å². The number of methoxy groups -OCH3 is 1. The minimum Gasteiger partial charge on any atom is -0.496 e. The molecule has 2 rings (SSSR count). The third-order valence-electron chi connectivity index (χ3n) is 3.15. The maximum atomic E-state index is 9.63. The lowest BCUT2D eigenvalue weighted by Crippen LogP contribution is -2.24. The van der Waals surface area contributed by atoms with Gasteiger partial charge < -0.3 is 15.2 Å². The number of hydrogen-bond donors (Lipinski definition) is 2. The average molecular weight is 336 g/mol. The Morgan fingerprint density at radius 3 is 2.60 bits per heavy atom. The van der Waals surface area contributed by atoms with Gasteiger partial charge in [-0.15, -0.1) is 0 Å². The predicted molar refractivity (Wildman–Crippen MR) is 83.8 cm³/mol. The van der Waals surface area contributed by atoms with E-state index in [9.17, 15) is 5.11 Å². The molecule has 0 amide bonds. The Kier molecular flexibility index (Phi) is 5.59. The molecule has 1 atom stereocenters. The van der Waals surface area contributed by atoms with E-state index in [0.29, 0.717) is 6.54 Å². The Labute approximate surface area is 127 Å². The molecule has 0 heterocycles. The number of nitrogens with one attached hydrogen (secondary N) is 1. The van der Waals surface area contributed by atoms with Gasteiger partial charge in [-0.25, -0.2) is 0 Å². The largest absolute Gasteiger partial charge is 0.496 e. The molecule has 0 saturated carbocycles. The lowest BCUT2D eigenvalue weighted by molar-refractivity contribution is 0.240. The first-order valence-electron chi connectivity index (χ1n) is 6.46. The summed E-state index contributed by atoms with van der Waals surface area (Å²) in [4.78, 5) is 0. The molecule has 0 aliphatic carbocycles. The van der Waals surface area contributed by atoms with E-state index in [4.69, 9.17) is 4.74 Å². The van der Waals surface area contributed by atoms with Crippen molar-refractivity contribution < 1.29 is 9.84 Å². The highest BCUT2D eigenvalue weighted by Crippen LogP contribution is 2.28. The van der Waals surface area contributed by atoms with E-state index in [-0.39, 0.29) is 12.6 Å². The predicted octanol–water partition coefficient (Wildman–Crippen LogP) is 3.28. The molecule has 0 bridgehead atoms. The molecule has 0 spiro atoms. The van der Waals surface area contributed by atoms with Crippen molar-refractivity contribution in [2.75, 3.05) is 13.7 Å². The van der Waals surface area contributed by atoms with Crippen molar-refractivity contribution in [3.8, 4) is 5.75 Å². The van der Waals surface area contributed by atoms with Crippen molar-refractivity contribution in [2.45, 2.75) is 12.6 Å². The van der Waals surface area contributed by atoms with Gasteiger partial charge in [0.05, 0.1) is 19.8 Å². The van der Waals surface area contributed by atoms with Crippen LogP contribution in [0.4, 0.5) is 0 Å². The van der Waals surface area contributed by atoms with Gasteiger partial charge in [0.25, 0.3) is 0 Å². The van der Waals surface area contributed by atoms with Crippen molar-refractivity contribution in [1.82, 2.24) is 5.32 Å². The summed E-state index contributed by atoms with van der Waals surface area (Å²) in [6.45, 7) is 0.710. The van der Waals surface area contributed by atoms with Gasteiger partial charge in [0.2, 0.25) is 0 Å². The summed E-state index contributed by atoms with van der Waals surface area (Å²) in [6.07, 6.45) is 0. The molecule has 4 heteroatoms. The lowest BCUT2D eigenvalue weighted by atomic mass is 10.1. The van der Waals surface area contributed by atoms with Crippen molar-refractivity contribution >= 4 is 15.9 Å². The summed E-state index contributed by atoms with van der Waals surface area (Å²) in [5, 5.41) is 13.0. The quantitative estimate of drug-likeness (QED) is 0.851. The van der Waals surface area contributed by atoms with E-state index < -0.39 is 0 Å². The fourth-order valence-corrected chi connectivity index (χ4v) is 2.47. The van der Waals surface area contributed by atoms with Gasteiger partial charge in [-0.2, -0.15) is 0 Å². The normalized spacial score (nSPS) is 12.2. The molecule has 2 aromatic rings. The minimum atomic E-state index is -0.164. The SMILES string of the molecule is COc1ccc(Br)cc1C(CO)NCc1ccccc1. The van der Waals surface area contributed by atoms with Gasteiger partial charge in [0.15, 0.2) is 0 Å². The molecular weight excluding hydrogens is 318 g/mol. The molecule has 0 fully saturated rings. The third-order valence-corrected chi connectivity index (χ3v) is 3.64. The fraction of sp³-hybridized carbons (Fsp3) is 0.250. The summed E-state index contributed by atoms with van der Waals surface area (Å²) in [5.41, 5.74) is 2.13. The number of halogens is 1. The zero-order chi connectivity index (χ0) is 14.4. The number of hydrogen-bond acceptors (Lipinski definition) is 3. The zero-order valence-corrected chi connectivity index (χ0v) is 12.9. The van der Waals surface area contributed by atoms with Crippen LogP contribution in [0.1, 0.15) is 17.2 Å². The van der Waals surface area contributed by atoms with Gasteiger partial charge in [-0.1, -0.05) is 46.3 Å². The lowest BCUT2D eigenvalue weighted by Gasteiger charge is -2.19. The van der Waals surface area contributed by atoms with Crippen LogP contribution in [0, 0.1) is 0 Å². The summed E-state index contributed by atoms with van der Waals surface area (Å²) >= 11 is 3.45. The molecule has 2 N–H and O–H groups in total. The smallest absolute Gasteiger partial charge is 0.123 e. The number of benzene rings is 2. The minimum absolute atomic E-state index is 0.0135. The van der Waals surface area contributed by atoms with E-state index in [1.807, 2.05) is 36.4 Å². The Morgan fingerprint density at radius 1 is 1.20 bits per heavy atom. The highest BCUT2D eigenvalue weighted by Gasteiger charge is 2.15. The highest BCUT2D eigenvalue weighted by molar-refractivity contribution is 9.10. The van der Waals surface area contributed by atoms with Crippen molar-refractivity contribution in [1.29, 1.82) is 0 Å². The Morgan fingerprint density at radius 2 is 1.95 bits per heavy atom. The molecule has 2 aromatic carbocycles. The summed E-state index contributed by atoms with van der Waals surface area (Å²) < 4.78 is 6.33. The van der Waals surface area contributed by atoms with Crippen LogP contribution in [-0.4, -0.2) is 18.8 Å². The summed E-state index contributed by atoms with van der Waals surface area (Å²) in [7, 11) is 1.64. The number of aliphatic hydroxyl groups excluding tert-OH is 1. The van der Waals surface area contributed by atoms with Gasteiger partial charge in [-0.3, -0.25) is 0 Å². The maximum Gasteiger partial charge on any atom is 0.123 e. The fourth-order valence-electron chi connectivity index (χ4n) is 2.09. The van der Waals surface area contributed by atoms with Crippen LogP contribution in [0.2, 0.25) is 0 Å². The molecular formula is C16H18BrNO2. The molecule has 0 aromatic heterocycles. The first-order valence-corrected chi connectivity index (χ1v) is 7.25. The van der Waals surface area contributed by atoms with Gasteiger partial charge >= 0.3 is 0 Å². The first kappa shape index (κ1) is 15.0. The van der Waals surface area contributed by atoms with Gasteiger partial charge in [0.1, 0.15) is 5.75 Å². The average Bonchev–Trinajstić information content (AvgIpc) is 2.49. The zero-order valence-electron chi connectivity index (χ0n) is 11.3. The highest BCUT2D eigenvalue weighted by atomic mass is 79.9. The van der Waals surface area contributed by atoms with Gasteiger partial charge in [0, 0.05) is 16.6 Å². The molecule has 1 unspecified atom stereocenters.